The van der Waals surface area contributed by atoms with Gasteiger partial charge in [-0.25, -0.2) is 4.79 Å². The van der Waals surface area contributed by atoms with E-state index in [0.29, 0.717) is 45.2 Å². The minimum Gasteiger partial charge on any atom is -0.480 e. The van der Waals surface area contributed by atoms with Gasteiger partial charge in [0.05, 0.1) is 12.5 Å². The molecule has 0 aromatic rings. The third-order valence-electron chi connectivity index (χ3n) is 5.15. The maximum absolute atomic E-state index is 12.9. The molecular formula is C21H41N7O6. The molecule has 0 saturated carbocycles. The number of nitrogens with one attached hydrogen (secondary N) is 3. The number of primary amides is 1. The molecule has 0 heterocycles. The summed E-state index contributed by atoms with van der Waals surface area (Å²) in [6, 6.07) is -4.53. The van der Waals surface area contributed by atoms with Gasteiger partial charge in [-0.05, 0) is 51.1 Å². The Labute approximate surface area is 200 Å². The molecule has 0 radical (unpaired) electrons. The molecule has 0 aliphatic heterocycles. The van der Waals surface area contributed by atoms with E-state index < -0.39 is 66.1 Å². The van der Waals surface area contributed by atoms with Crippen LogP contribution < -0.4 is 38.9 Å². The van der Waals surface area contributed by atoms with Crippen LogP contribution in [-0.4, -0.2) is 72.0 Å². The van der Waals surface area contributed by atoms with Gasteiger partial charge in [-0.1, -0.05) is 20.3 Å². The zero-order valence-corrected chi connectivity index (χ0v) is 20.0. The van der Waals surface area contributed by atoms with Crippen molar-refractivity contribution in [3.05, 3.63) is 0 Å². The quantitative estimate of drug-likeness (QED) is 0.0962. The number of unbranched alkanes of at least 4 members (excludes halogenated alkanes) is 2. The average Bonchev–Trinajstić information content (AvgIpc) is 2.75. The maximum Gasteiger partial charge on any atom is 0.326 e. The minimum atomic E-state index is -1.42. The summed E-state index contributed by atoms with van der Waals surface area (Å²) in [7, 11) is 0. The summed E-state index contributed by atoms with van der Waals surface area (Å²) in [6.45, 7) is 4.06. The molecule has 0 rings (SSSR count). The lowest BCUT2D eigenvalue weighted by atomic mass is 10.0. The molecule has 0 aromatic heterocycles. The van der Waals surface area contributed by atoms with Crippen molar-refractivity contribution in [1.29, 1.82) is 0 Å². The van der Waals surface area contributed by atoms with Crippen molar-refractivity contribution in [3.8, 4) is 0 Å². The molecule has 4 atom stereocenters. The SMILES string of the molecule is CC(C)C(NC(=O)C(CC(N)=O)NC(=O)C(CCCCN)NC(=O)C(N)CCCCN)C(=O)O. The zero-order chi connectivity index (χ0) is 26.3. The third kappa shape index (κ3) is 12.5. The second kappa shape index (κ2) is 16.8. The Kier molecular flexibility index (Phi) is 15.4. The zero-order valence-electron chi connectivity index (χ0n) is 20.0. The van der Waals surface area contributed by atoms with Crippen LogP contribution in [0.1, 0.15) is 58.8 Å². The molecule has 13 heteroatoms. The van der Waals surface area contributed by atoms with E-state index in [1.807, 2.05) is 0 Å². The van der Waals surface area contributed by atoms with Crippen molar-refractivity contribution in [3.63, 3.8) is 0 Å². The van der Waals surface area contributed by atoms with Gasteiger partial charge in [-0.2, -0.15) is 0 Å². The average molecular weight is 488 g/mol. The smallest absolute Gasteiger partial charge is 0.326 e. The van der Waals surface area contributed by atoms with Gasteiger partial charge in [-0.15, -0.1) is 0 Å². The first-order chi connectivity index (χ1) is 15.9. The van der Waals surface area contributed by atoms with Crippen molar-refractivity contribution in [2.75, 3.05) is 13.1 Å². The van der Waals surface area contributed by atoms with Crippen molar-refractivity contribution in [2.24, 2.45) is 28.9 Å². The second-order valence-corrected chi connectivity index (χ2v) is 8.54. The first-order valence-electron chi connectivity index (χ1n) is 11.5. The molecule has 12 N–H and O–H groups in total. The monoisotopic (exact) mass is 487 g/mol. The van der Waals surface area contributed by atoms with Gasteiger partial charge in [0.1, 0.15) is 18.1 Å². The van der Waals surface area contributed by atoms with E-state index in [2.05, 4.69) is 16.0 Å². The van der Waals surface area contributed by atoms with Gasteiger partial charge in [0.2, 0.25) is 23.6 Å². The van der Waals surface area contributed by atoms with Gasteiger partial charge >= 0.3 is 5.97 Å². The van der Waals surface area contributed by atoms with E-state index >= 15 is 0 Å². The fourth-order valence-electron chi connectivity index (χ4n) is 3.13. The molecule has 0 aromatic carbocycles. The first-order valence-corrected chi connectivity index (χ1v) is 11.5. The van der Waals surface area contributed by atoms with Crippen molar-refractivity contribution in [1.82, 2.24) is 16.0 Å². The normalized spacial score (nSPS) is 14.5. The largest absolute Gasteiger partial charge is 0.480 e. The number of nitrogens with two attached hydrogens (primary N) is 4. The molecule has 0 spiro atoms. The van der Waals surface area contributed by atoms with Crippen LogP contribution in [-0.2, 0) is 24.0 Å². The lowest BCUT2D eigenvalue weighted by Crippen LogP contribution is -2.58. The molecule has 0 fully saturated rings. The topological polar surface area (TPSA) is 246 Å². The number of rotatable bonds is 18. The Hall–Kier alpha value is -2.77. The molecule has 34 heavy (non-hydrogen) atoms. The number of amides is 4. The van der Waals surface area contributed by atoms with Gasteiger partial charge in [0.25, 0.3) is 0 Å². The van der Waals surface area contributed by atoms with Crippen LogP contribution in [0.5, 0.6) is 0 Å². The Morgan fingerprint density at radius 3 is 1.74 bits per heavy atom. The molecule has 4 amide bonds. The molecule has 0 aliphatic carbocycles. The van der Waals surface area contributed by atoms with Crippen molar-refractivity contribution in [2.45, 2.75) is 83.0 Å². The van der Waals surface area contributed by atoms with E-state index in [1.165, 1.54) is 0 Å². The van der Waals surface area contributed by atoms with E-state index in [9.17, 15) is 29.1 Å². The van der Waals surface area contributed by atoms with Crippen LogP contribution in [0.3, 0.4) is 0 Å². The number of carboxylic acids is 1. The highest BCUT2D eigenvalue weighted by atomic mass is 16.4. The number of carboxylic acid groups (broad SMARTS) is 1. The molecule has 13 nitrogen and oxygen atoms in total. The molecular weight excluding hydrogens is 446 g/mol. The van der Waals surface area contributed by atoms with Crippen LogP contribution >= 0.6 is 0 Å². The summed E-state index contributed by atoms with van der Waals surface area (Å²) in [6.07, 6.45) is 2.53. The van der Waals surface area contributed by atoms with Crippen molar-refractivity contribution >= 4 is 29.6 Å². The summed E-state index contributed by atoms with van der Waals surface area (Å²) in [4.78, 5) is 61.0. The highest BCUT2D eigenvalue weighted by Gasteiger charge is 2.32. The standard InChI is InChI=1S/C21H41N7O6/c1-12(2)17(21(33)34)28-20(32)15(11-16(25)29)27-19(31)14(8-4-6-10-23)26-18(30)13(24)7-3-5-9-22/h12-15,17H,3-11,22-24H2,1-2H3,(H2,25,29)(H,26,30)(H,27,31)(H,28,32)(H,33,34). The lowest BCUT2D eigenvalue weighted by molar-refractivity contribution is -0.143. The Balaban J connectivity index is 5.44. The molecule has 0 aliphatic rings. The highest BCUT2D eigenvalue weighted by Crippen LogP contribution is 2.07. The van der Waals surface area contributed by atoms with E-state index in [4.69, 9.17) is 22.9 Å². The van der Waals surface area contributed by atoms with Crippen LogP contribution in [0.25, 0.3) is 0 Å². The summed E-state index contributed by atoms with van der Waals surface area (Å²) >= 11 is 0. The number of hydrogen-bond donors (Lipinski definition) is 8. The van der Waals surface area contributed by atoms with Gasteiger partial charge in [-0.3, -0.25) is 19.2 Å². The Morgan fingerprint density at radius 2 is 1.26 bits per heavy atom. The number of aliphatic carboxylic acids is 1. The molecule has 4 unspecified atom stereocenters. The predicted octanol–water partition coefficient (Wildman–Crippen LogP) is -2.36. The van der Waals surface area contributed by atoms with Crippen molar-refractivity contribution < 1.29 is 29.1 Å². The molecule has 196 valence electrons. The summed E-state index contributed by atoms with van der Waals surface area (Å²) in [5, 5.41) is 16.6. The summed E-state index contributed by atoms with van der Waals surface area (Å²) < 4.78 is 0. The lowest BCUT2D eigenvalue weighted by Gasteiger charge is -2.25. The molecule has 0 saturated heterocycles. The van der Waals surface area contributed by atoms with Crippen LogP contribution in [0.15, 0.2) is 0 Å². The van der Waals surface area contributed by atoms with Gasteiger partial charge in [0, 0.05) is 0 Å². The van der Waals surface area contributed by atoms with Crippen LogP contribution in [0, 0.1) is 5.92 Å². The van der Waals surface area contributed by atoms with E-state index in [0.717, 1.165) is 0 Å². The maximum atomic E-state index is 12.9. The number of carbonyl (C=O) groups excluding carboxylic acids is 4. The molecule has 0 bridgehead atoms. The Morgan fingerprint density at radius 1 is 0.765 bits per heavy atom. The second-order valence-electron chi connectivity index (χ2n) is 8.54. The fourth-order valence-corrected chi connectivity index (χ4v) is 3.13. The Bertz CT molecular complexity index is 689. The van der Waals surface area contributed by atoms with Gasteiger partial charge in [0.15, 0.2) is 0 Å². The van der Waals surface area contributed by atoms with E-state index in [1.54, 1.807) is 13.8 Å². The summed E-state index contributed by atoms with van der Waals surface area (Å²) in [5.41, 5.74) is 22.1. The fraction of sp³-hybridized carbons (Fsp3) is 0.762. The summed E-state index contributed by atoms with van der Waals surface area (Å²) in [5.74, 6) is -4.72. The minimum absolute atomic E-state index is 0.221. The van der Waals surface area contributed by atoms with Gasteiger partial charge < -0.3 is 44.0 Å². The third-order valence-corrected chi connectivity index (χ3v) is 5.15. The predicted molar refractivity (Wildman–Crippen MR) is 126 cm³/mol. The van der Waals surface area contributed by atoms with Crippen LogP contribution in [0.4, 0.5) is 0 Å². The highest BCUT2D eigenvalue weighted by molar-refractivity contribution is 5.96. The van der Waals surface area contributed by atoms with E-state index in [-0.39, 0.29) is 6.42 Å². The number of carbonyl (C=O) groups is 5. The van der Waals surface area contributed by atoms with Crippen LogP contribution in [0.2, 0.25) is 0 Å². The number of hydrogen-bond acceptors (Lipinski definition) is 8. The first kappa shape index (κ1) is 31.2.